The van der Waals surface area contributed by atoms with Crippen LogP contribution in [0, 0.1) is 13.8 Å². The van der Waals surface area contributed by atoms with E-state index in [0.29, 0.717) is 43.3 Å². The van der Waals surface area contributed by atoms with Crippen molar-refractivity contribution in [3.05, 3.63) is 102 Å². The first kappa shape index (κ1) is 49.0. The minimum atomic E-state index is -5.11. The van der Waals surface area contributed by atoms with Crippen LogP contribution in [0.4, 0.5) is 22.7 Å². The summed E-state index contributed by atoms with van der Waals surface area (Å²) in [4.78, 5) is 59.2. The Balaban J connectivity index is 1.03. The normalized spacial score (nSPS) is 13.3. The molecule has 0 bridgehead atoms. The first-order chi connectivity index (χ1) is 31.9. The van der Waals surface area contributed by atoms with E-state index in [1.807, 2.05) is 0 Å². The highest BCUT2D eigenvalue weighted by molar-refractivity contribution is 7.86. The summed E-state index contributed by atoms with van der Waals surface area (Å²) in [7, 11) is -14.2. The number of Topliss-reactive ketones (excluding diaryl/α,β-unsaturated/α-hetero) is 2. The van der Waals surface area contributed by atoms with Gasteiger partial charge in [0.15, 0.2) is 11.6 Å². The average Bonchev–Trinajstić information content (AvgIpc) is 3.88. The van der Waals surface area contributed by atoms with Crippen molar-refractivity contribution in [3.63, 3.8) is 0 Å². The Kier molecular flexibility index (Phi) is 13.7. The second-order valence-electron chi connectivity index (χ2n) is 14.8. The number of carbonyl (C=O) groups excluding carboxylic acids is 4. The molecule has 0 saturated heterocycles. The number of hydrogen-bond acceptors (Lipinski definition) is 18. The number of ketones is 2. The van der Waals surface area contributed by atoms with Gasteiger partial charge in [-0.1, -0.05) is 12.1 Å². The van der Waals surface area contributed by atoms with Gasteiger partial charge in [-0.2, -0.15) is 45.7 Å². The van der Waals surface area contributed by atoms with Crippen molar-refractivity contribution in [2.24, 2.45) is 20.5 Å². The maximum absolute atomic E-state index is 13.3. The second kappa shape index (κ2) is 19.0. The van der Waals surface area contributed by atoms with Crippen LogP contribution in [0.2, 0.25) is 0 Å². The predicted octanol–water partition coefficient (Wildman–Crippen LogP) is 7.96. The lowest BCUT2D eigenvalue weighted by Crippen LogP contribution is -2.32. The fourth-order valence-electron chi connectivity index (χ4n) is 6.58. The number of amides is 2. The van der Waals surface area contributed by atoms with E-state index >= 15 is 0 Å². The highest BCUT2D eigenvalue weighted by Crippen LogP contribution is 2.38. The number of aryl methyl sites for hydroxylation is 2. The molecule has 0 radical (unpaired) electrons. The van der Waals surface area contributed by atoms with Gasteiger partial charge in [-0.25, -0.2) is 9.97 Å². The number of azo groups is 2. The lowest BCUT2D eigenvalue weighted by atomic mass is 10.2. The van der Waals surface area contributed by atoms with E-state index in [2.05, 4.69) is 41.1 Å². The van der Waals surface area contributed by atoms with Crippen molar-refractivity contribution in [2.45, 2.75) is 54.5 Å². The highest BCUT2D eigenvalue weighted by atomic mass is 32.2. The summed E-state index contributed by atoms with van der Waals surface area (Å²) >= 11 is 2.09. The van der Waals surface area contributed by atoms with Gasteiger partial charge in [-0.05, 0) is 118 Å². The molecule has 0 aliphatic carbocycles. The molecule has 5 aromatic carbocycles. The largest absolute Gasteiger partial charge is 0.324 e. The zero-order valence-electron chi connectivity index (χ0n) is 35.5. The summed E-state index contributed by atoms with van der Waals surface area (Å²) in [5, 5.41) is 21.1. The molecule has 0 aliphatic heterocycles. The molecule has 21 nitrogen and oxygen atoms in total. The first-order valence-corrected chi connectivity index (χ1v) is 25.4. The quantitative estimate of drug-likeness (QED) is 0.0369. The third-order valence-corrected chi connectivity index (χ3v) is 15.3. The molecule has 2 heterocycles. The van der Waals surface area contributed by atoms with E-state index in [0.717, 1.165) is 54.7 Å². The zero-order valence-corrected chi connectivity index (χ0v) is 39.5. The molecule has 7 aromatic rings. The fourth-order valence-corrected chi connectivity index (χ4v) is 11.9. The maximum atomic E-state index is 13.3. The number of hydrogen-bond donors (Lipinski definition) is 5. The van der Waals surface area contributed by atoms with Crippen LogP contribution in [0.15, 0.2) is 126 Å². The summed E-state index contributed by atoms with van der Waals surface area (Å²) in [6.45, 7) is 5.20. The van der Waals surface area contributed by atoms with Gasteiger partial charge in [0.25, 0.3) is 42.2 Å². The second-order valence-corrected chi connectivity index (χ2v) is 20.9. The number of fused-ring (bicyclic) bond motifs is 2. The first-order valence-electron chi connectivity index (χ1n) is 19.4. The van der Waals surface area contributed by atoms with Gasteiger partial charge in [0.1, 0.15) is 24.7 Å². The van der Waals surface area contributed by atoms with Crippen molar-refractivity contribution in [2.75, 3.05) is 10.6 Å². The lowest BCUT2D eigenvalue weighted by molar-refractivity contribution is -0.127. The van der Waals surface area contributed by atoms with Crippen LogP contribution in [-0.2, 0) is 49.5 Å². The Hall–Kier alpha value is -6.91. The highest BCUT2D eigenvalue weighted by Gasteiger charge is 2.28. The molecular formula is C42H34N8O13S5. The number of carbonyl (C=O) groups is 4. The maximum Gasteiger partial charge on any atom is 0.296 e. The van der Waals surface area contributed by atoms with E-state index in [1.165, 1.54) is 36.4 Å². The van der Waals surface area contributed by atoms with Gasteiger partial charge in [-0.3, -0.25) is 32.8 Å². The van der Waals surface area contributed by atoms with Crippen LogP contribution < -0.4 is 10.6 Å². The van der Waals surface area contributed by atoms with E-state index in [1.54, 1.807) is 50.2 Å². The SMILES string of the molecule is CC(=O)C(N=Nc1ccc(-c2nc3ccc(C)c(S(=O)(=O)O)c3s2)cc1)C(=O)Nc1ccc(NC(=O)C(N=Nc2ccc(-c3nc4ccc(C)c(S(=O)(=O)O)c4s3)cc2)C(C)=O)c(S(=O)(=O)O)c1. The Morgan fingerprint density at radius 1 is 0.559 bits per heavy atom. The van der Waals surface area contributed by atoms with E-state index in [-0.39, 0.29) is 36.3 Å². The predicted molar refractivity (Wildman–Crippen MR) is 251 cm³/mol. The van der Waals surface area contributed by atoms with Crippen molar-refractivity contribution < 1.29 is 58.1 Å². The van der Waals surface area contributed by atoms with Crippen LogP contribution in [0.5, 0.6) is 0 Å². The van der Waals surface area contributed by atoms with Gasteiger partial charge >= 0.3 is 0 Å². The molecule has 7 rings (SSSR count). The van der Waals surface area contributed by atoms with Gasteiger partial charge in [0.2, 0.25) is 12.1 Å². The molecule has 68 heavy (non-hydrogen) atoms. The van der Waals surface area contributed by atoms with Crippen LogP contribution in [-0.4, -0.2) is 84.3 Å². The number of aromatic nitrogens is 2. The summed E-state index contributed by atoms with van der Waals surface area (Å²) in [5.41, 5.74) is 2.14. The van der Waals surface area contributed by atoms with E-state index in [4.69, 9.17) is 0 Å². The van der Waals surface area contributed by atoms with Gasteiger partial charge in [0.05, 0.1) is 37.5 Å². The molecule has 350 valence electrons. The molecule has 2 aromatic heterocycles. The molecule has 2 atom stereocenters. The molecular weight excluding hydrogens is 985 g/mol. The number of nitrogens with one attached hydrogen (secondary N) is 2. The van der Waals surface area contributed by atoms with Crippen molar-refractivity contribution in [1.29, 1.82) is 0 Å². The summed E-state index contributed by atoms with van der Waals surface area (Å²) in [6.07, 6.45) is 0. The fraction of sp³-hybridized carbons (Fsp3) is 0.143. The number of anilines is 2. The summed E-state index contributed by atoms with van der Waals surface area (Å²) in [6, 6.07) is 18.0. The monoisotopic (exact) mass is 1020 g/mol. The van der Waals surface area contributed by atoms with Crippen LogP contribution in [0.3, 0.4) is 0 Å². The van der Waals surface area contributed by atoms with Gasteiger partial charge in [-0.15, -0.1) is 22.7 Å². The number of rotatable bonds is 15. The molecule has 0 spiro atoms. The zero-order chi connectivity index (χ0) is 49.5. The summed E-state index contributed by atoms with van der Waals surface area (Å²) < 4.78 is 103. The molecule has 0 fully saturated rings. The number of nitrogens with zero attached hydrogens (tertiary/aromatic N) is 6. The van der Waals surface area contributed by atoms with Crippen LogP contribution in [0.1, 0.15) is 25.0 Å². The molecule has 2 unspecified atom stereocenters. The molecule has 0 aliphatic rings. The Morgan fingerprint density at radius 2 is 0.971 bits per heavy atom. The standard InChI is InChI=1S/C42H34N8O13S5/c1-20-5-16-30-35(37(20)67(58,59)60)64-41(45-30)24-7-11-26(12-8-24)47-49-33(22(3)51)39(53)43-28-15-18-29(32(19-28)66(55,56)57)44-40(54)34(23(4)52)50-48-27-13-9-25(10-14-27)42-46-31-17-6-21(2)38(36(31)65-42)68(61,62)63/h5-19,33-34H,1-4H3,(H,43,53)(H,44,54)(H,55,56,57)(H,58,59,60)(H,61,62,63). The van der Waals surface area contributed by atoms with E-state index in [9.17, 15) is 58.1 Å². The Morgan fingerprint density at radius 3 is 1.35 bits per heavy atom. The van der Waals surface area contributed by atoms with Crippen molar-refractivity contribution >= 4 is 120 Å². The van der Waals surface area contributed by atoms with Crippen molar-refractivity contribution in [1.82, 2.24) is 9.97 Å². The van der Waals surface area contributed by atoms with Gasteiger partial charge < -0.3 is 10.6 Å². The van der Waals surface area contributed by atoms with E-state index < -0.39 is 76.4 Å². The van der Waals surface area contributed by atoms with Crippen molar-refractivity contribution in [3.8, 4) is 21.1 Å². The molecule has 5 N–H and O–H groups in total. The Labute approximate surface area is 394 Å². The van der Waals surface area contributed by atoms with Gasteiger partial charge in [0, 0.05) is 16.8 Å². The number of benzene rings is 5. The van der Waals surface area contributed by atoms with Crippen LogP contribution in [0.25, 0.3) is 41.6 Å². The summed E-state index contributed by atoms with van der Waals surface area (Å²) in [5.74, 6) is -3.71. The smallest absolute Gasteiger partial charge is 0.296 e. The average molecular weight is 1020 g/mol. The third-order valence-electron chi connectivity index (χ3n) is 9.79. The minimum Gasteiger partial charge on any atom is -0.324 e. The van der Waals surface area contributed by atoms with Crippen LogP contribution >= 0.6 is 22.7 Å². The number of thiazole rings is 2. The topological polar surface area (TPSA) is 331 Å². The third kappa shape index (κ3) is 10.8. The molecule has 0 saturated carbocycles. The Bertz CT molecular complexity index is 3630. The lowest BCUT2D eigenvalue weighted by Gasteiger charge is -2.14. The molecule has 26 heteroatoms. The minimum absolute atomic E-state index is 0.181. The molecule has 2 amide bonds.